The monoisotopic (exact) mass is 320 g/mol. The number of carbonyl (C=O) groups excluding carboxylic acids is 1. The Kier molecular flexibility index (Phi) is 3.28. The molecule has 1 heterocycles. The van der Waals surface area contributed by atoms with Gasteiger partial charge in [0.25, 0.3) is 0 Å². The summed E-state index contributed by atoms with van der Waals surface area (Å²) in [7, 11) is 0. The number of benzene rings is 1. The van der Waals surface area contributed by atoms with Crippen molar-refractivity contribution in [2.45, 2.75) is 38.2 Å². The third kappa shape index (κ3) is 2.71. The van der Waals surface area contributed by atoms with E-state index in [0.717, 1.165) is 12.0 Å². The largest absolute Gasteiger partial charge is 0.502 e. The van der Waals surface area contributed by atoms with Crippen LogP contribution < -0.4 is 0 Å². The van der Waals surface area contributed by atoms with Gasteiger partial charge in [0.05, 0.1) is 4.92 Å². The van der Waals surface area contributed by atoms with Gasteiger partial charge in [-0.05, 0) is 44.7 Å². The molecule has 0 spiro atoms. The molecule has 2 aliphatic rings. The highest BCUT2D eigenvalue weighted by atomic mass is 16.6. The first-order valence-electron chi connectivity index (χ1n) is 7.58. The molecule has 124 valence electrons. The number of piperidine rings is 1. The van der Waals surface area contributed by atoms with E-state index in [-0.39, 0.29) is 22.9 Å². The zero-order chi connectivity index (χ0) is 17.0. The lowest BCUT2D eigenvalue weighted by atomic mass is 9.94. The number of nitro benzene ring substituents is 1. The van der Waals surface area contributed by atoms with Crippen LogP contribution in [0.4, 0.5) is 10.5 Å². The molecule has 0 radical (unpaired) electrons. The molecule has 1 aliphatic heterocycles. The molecule has 0 bridgehead atoms. The number of nitro groups is 1. The second kappa shape index (κ2) is 4.84. The van der Waals surface area contributed by atoms with Crippen LogP contribution in [0, 0.1) is 16.0 Å². The molecule has 1 aromatic carbocycles. The smallest absolute Gasteiger partial charge is 0.410 e. The Morgan fingerprint density at radius 1 is 1.48 bits per heavy atom. The van der Waals surface area contributed by atoms with Crippen molar-refractivity contribution in [3.63, 3.8) is 0 Å². The van der Waals surface area contributed by atoms with E-state index in [1.54, 1.807) is 11.0 Å². The van der Waals surface area contributed by atoms with Crippen LogP contribution in [0.15, 0.2) is 18.2 Å². The van der Waals surface area contributed by atoms with E-state index in [0.29, 0.717) is 19.0 Å². The van der Waals surface area contributed by atoms with Gasteiger partial charge in [0.1, 0.15) is 5.60 Å². The molecule has 0 aromatic heterocycles. The Bertz CT molecular complexity index is 682. The van der Waals surface area contributed by atoms with Gasteiger partial charge in [-0.15, -0.1) is 0 Å². The zero-order valence-corrected chi connectivity index (χ0v) is 13.4. The van der Waals surface area contributed by atoms with E-state index in [2.05, 4.69) is 0 Å². The zero-order valence-electron chi connectivity index (χ0n) is 13.4. The Morgan fingerprint density at radius 3 is 2.74 bits per heavy atom. The Hall–Kier alpha value is -2.31. The Labute approximate surface area is 134 Å². The number of hydrogen-bond acceptors (Lipinski definition) is 5. The summed E-state index contributed by atoms with van der Waals surface area (Å²) in [6.07, 6.45) is 0.582. The maximum Gasteiger partial charge on any atom is 0.410 e. The van der Waals surface area contributed by atoms with E-state index >= 15 is 0 Å². The number of ether oxygens (including phenoxy) is 1. The molecular formula is C16H20N2O5. The molecule has 1 saturated heterocycles. The van der Waals surface area contributed by atoms with Crippen LogP contribution in [0.5, 0.6) is 5.75 Å². The fraction of sp³-hybridized carbons (Fsp3) is 0.562. The second-order valence-electron chi connectivity index (χ2n) is 7.38. The molecule has 1 saturated carbocycles. The molecule has 1 aromatic rings. The second-order valence-corrected chi connectivity index (χ2v) is 7.38. The van der Waals surface area contributed by atoms with Crippen LogP contribution in [-0.4, -0.2) is 39.7 Å². The predicted octanol–water partition coefficient (Wildman–Crippen LogP) is 2.81. The van der Waals surface area contributed by atoms with Crippen molar-refractivity contribution in [3.8, 4) is 5.75 Å². The normalized spacial score (nSPS) is 25.9. The van der Waals surface area contributed by atoms with E-state index in [9.17, 15) is 20.0 Å². The lowest BCUT2D eigenvalue weighted by molar-refractivity contribution is -0.385. The van der Waals surface area contributed by atoms with Crippen molar-refractivity contribution in [3.05, 3.63) is 33.9 Å². The van der Waals surface area contributed by atoms with Gasteiger partial charge in [0, 0.05) is 24.6 Å². The summed E-state index contributed by atoms with van der Waals surface area (Å²) >= 11 is 0. The molecule has 23 heavy (non-hydrogen) atoms. The SMILES string of the molecule is CC(C)(C)OC(=O)N1C[C@@H]2C[C@]2(c2ccc([N+](=O)[O-])c(O)c2)C1. The fourth-order valence-corrected chi connectivity index (χ4v) is 3.38. The minimum absolute atomic E-state index is 0.205. The lowest BCUT2D eigenvalue weighted by Crippen LogP contribution is -2.37. The minimum atomic E-state index is -0.608. The average molecular weight is 320 g/mol. The summed E-state index contributed by atoms with van der Waals surface area (Å²) in [5, 5.41) is 20.6. The molecule has 2 fully saturated rings. The maximum atomic E-state index is 12.2. The van der Waals surface area contributed by atoms with Gasteiger partial charge < -0.3 is 14.7 Å². The number of amides is 1. The molecule has 7 nitrogen and oxygen atoms in total. The third-order valence-corrected chi connectivity index (χ3v) is 4.54. The minimum Gasteiger partial charge on any atom is -0.502 e. The number of phenols is 1. The van der Waals surface area contributed by atoms with Gasteiger partial charge in [-0.2, -0.15) is 0 Å². The number of hydrogen-bond donors (Lipinski definition) is 1. The molecule has 1 N–H and O–H groups in total. The highest BCUT2D eigenvalue weighted by Gasteiger charge is 2.62. The number of carbonyl (C=O) groups is 1. The summed E-state index contributed by atoms with van der Waals surface area (Å²) in [6, 6.07) is 4.46. The van der Waals surface area contributed by atoms with E-state index in [1.807, 2.05) is 20.8 Å². The van der Waals surface area contributed by atoms with Crippen molar-refractivity contribution >= 4 is 11.8 Å². The van der Waals surface area contributed by atoms with Crippen molar-refractivity contribution in [1.82, 2.24) is 4.90 Å². The summed E-state index contributed by atoms with van der Waals surface area (Å²) in [4.78, 5) is 24.0. The van der Waals surface area contributed by atoms with Crippen LogP contribution in [0.1, 0.15) is 32.8 Å². The number of rotatable bonds is 2. The molecule has 7 heteroatoms. The first-order valence-corrected chi connectivity index (χ1v) is 7.58. The summed E-state index contributed by atoms with van der Waals surface area (Å²) in [6.45, 7) is 6.61. The molecule has 3 rings (SSSR count). The van der Waals surface area contributed by atoms with Crippen LogP contribution in [0.3, 0.4) is 0 Å². The van der Waals surface area contributed by atoms with Crippen molar-refractivity contribution < 1.29 is 19.6 Å². The van der Waals surface area contributed by atoms with Gasteiger partial charge in [-0.25, -0.2) is 4.79 Å². The van der Waals surface area contributed by atoms with Gasteiger partial charge in [-0.3, -0.25) is 10.1 Å². The fourth-order valence-electron chi connectivity index (χ4n) is 3.38. The van der Waals surface area contributed by atoms with Crippen molar-refractivity contribution in [2.24, 2.45) is 5.92 Å². The molecular weight excluding hydrogens is 300 g/mol. The van der Waals surface area contributed by atoms with Gasteiger partial charge in [0.15, 0.2) is 5.75 Å². The van der Waals surface area contributed by atoms with Gasteiger partial charge in [-0.1, -0.05) is 6.07 Å². The molecule has 1 aliphatic carbocycles. The van der Waals surface area contributed by atoms with Crippen LogP contribution >= 0.6 is 0 Å². The molecule has 1 amide bonds. The Morgan fingerprint density at radius 2 is 2.17 bits per heavy atom. The van der Waals surface area contributed by atoms with E-state index in [4.69, 9.17) is 4.74 Å². The number of likely N-dealkylation sites (tertiary alicyclic amines) is 1. The number of aromatic hydroxyl groups is 1. The topological polar surface area (TPSA) is 92.9 Å². The lowest BCUT2D eigenvalue weighted by Gasteiger charge is -2.26. The number of nitrogens with zero attached hydrogens (tertiary/aromatic N) is 2. The van der Waals surface area contributed by atoms with Crippen molar-refractivity contribution in [1.29, 1.82) is 0 Å². The predicted molar refractivity (Wildman–Crippen MR) is 82.4 cm³/mol. The summed E-state index contributed by atoms with van der Waals surface area (Å²) in [5.74, 6) is -0.0147. The van der Waals surface area contributed by atoms with Crippen molar-refractivity contribution in [2.75, 3.05) is 13.1 Å². The van der Waals surface area contributed by atoms with Crippen LogP contribution in [0.25, 0.3) is 0 Å². The van der Waals surface area contributed by atoms with E-state index in [1.165, 1.54) is 12.1 Å². The average Bonchev–Trinajstić information content (AvgIpc) is 2.99. The standard InChI is InChI=1S/C16H20N2O5/c1-15(2,3)23-14(20)17-8-11-7-16(11,9-17)10-4-5-12(18(21)22)13(19)6-10/h4-6,11,19H,7-9H2,1-3H3/t11-,16+/m0/s1. The number of fused-ring (bicyclic) bond motifs is 1. The maximum absolute atomic E-state index is 12.2. The van der Waals surface area contributed by atoms with Gasteiger partial charge in [0.2, 0.25) is 0 Å². The molecule has 0 unspecified atom stereocenters. The third-order valence-electron chi connectivity index (χ3n) is 4.54. The summed E-state index contributed by atoms with van der Waals surface area (Å²) < 4.78 is 5.39. The summed E-state index contributed by atoms with van der Waals surface area (Å²) in [5.41, 5.74) is -0.201. The highest BCUT2D eigenvalue weighted by molar-refractivity contribution is 5.70. The van der Waals surface area contributed by atoms with Crippen LogP contribution in [-0.2, 0) is 10.2 Å². The molecule has 2 atom stereocenters. The first kappa shape index (κ1) is 15.6. The first-order chi connectivity index (χ1) is 10.6. The number of phenolic OH excluding ortho intramolecular Hbond substituents is 1. The van der Waals surface area contributed by atoms with E-state index < -0.39 is 10.5 Å². The highest BCUT2D eigenvalue weighted by Crippen LogP contribution is 2.59. The quantitative estimate of drug-likeness (QED) is 0.668. The van der Waals surface area contributed by atoms with Crippen LogP contribution in [0.2, 0.25) is 0 Å². The van der Waals surface area contributed by atoms with Gasteiger partial charge >= 0.3 is 11.8 Å². The Balaban J connectivity index is 1.77.